The summed E-state index contributed by atoms with van der Waals surface area (Å²) < 4.78 is 10.4. The smallest absolute Gasteiger partial charge is 0.310 e. The molecule has 0 aromatic heterocycles. The van der Waals surface area contributed by atoms with Crippen molar-refractivity contribution in [2.24, 2.45) is 23.7 Å². The summed E-state index contributed by atoms with van der Waals surface area (Å²) in [6.07, 6.45) is 1.53. The third kappa shape index (κ3) is 2.55. The van der Waals surface area contributed by atoms with Gasteiger partial charge in [0, 0.05) is 16.6 Å². The SMILES string of the molecule is O=C(COC(=O)[C@@H]1[C@@H]2C[C@@H]3[C@H]1C(=O)O[C@@H]3C2)Nc1ccc(Cl)cc1. The van der Waals surface area contributed by atoms with Gasteiger partial charge in [0.25, 0.3) is 5.91 Å². The zero-order valence-corrected chi connectivity index (χ0v) is 13.5. The van der Waals surface area contributed by atoms with E-state index < -0.39 is 17.8 Å². The maximum Gasteiger partial charge on any atom is 0.310 e. The number of carbonyl (C=O) groups excluding carboxylic acids is 3. The first kappa shape index (κ1) is 15.4. The topological polar surface area (TPSA) is 81.7 Å². The molecule has 1 aromatic rings. The van der Waals surface area contributed by atoms with Crippen molar-refractivity contribution in [2.45, 2.75) is 18.9 Å². The van der Waals surface area contributed by atoms with Crippen LogP contribution in [0.15, 0.2) is 24.3 Å². The van der Waals surface area contributed by atoms with Crippen molar-refractivity contribution < 1.29 is 23.9 Å². The third-order valence-electron chi connectivity index (χ3n) is 5.23. The number of hydrogen-bond acceptors (Lipinski definition) is 5. The van der Waals surface area contributed by atoms with Gasteiger partial charge in [0.2, 0.25) is 0 Å². The van der Waals surface area contributed by atoms with Crippen LogP contribution in [0.5, 0.6) is 0 Å². The molecule has 3 aliphatic rings. The molecule has 0 radical (unpaired) electrons. The van der Waals surface area contributed by atoms with Gasteiger partial charge >= 0.3 is 11.9 Å². The predicted molar refractivity (Wildman–Crippen MR) is 84.1 cm³/mol. The fourth-order valence-corrected chi connectivity index (χ4v) is 4.41. The van der Waals surface area contributed by atoms with Gasteiger partial charge in [-0.25, -0.2) is 0 Å². The second kappa shape index (κ2) is 5.77. The van der Waals surface area contributed by atoms with Crippen LogP contribution in [0.25, 0.3) is 0 Å². The molecule has 5 atom stereocenters. The Morgan fingerprint density at radius 1 is 1.25 bits per heavy atom. The van der Waals surface area contributed by atoms with Crippen molar-refractivity contribution in [3.63, 3.8) is 0 Å². The molecule has 2 aliphatic carbocycles. The van der Waals surface area contributed by atoms with Gasteiger partial charge in [-0.3, -0.25) is 14.4 Å². The second-order valence-electron chi connectivity index (χ2n) is 6.59. The quantitative estimate of drug-likeness (QED) is 0.841. The van der Waals surface area contributed by atoms with E-state index in [1.165, 1.54) is 0 Å². The number of fused-ring (bicyclic) bond motifs is 1. The van der Waals surface area contributed by atoms with E-state index in [1.807, 2.05) is 0 Å². The summed E-state index contributed by atoms with van der Waals surface area (Å²) in [5.74, 6) is -1.79. The number of carbonyl (C=O) groups is 3. The van der Waals surface area contributed by atoms with Crippen LogP contribution < -0.4 is 5.32 Å². The summed E-state index contributed by atoms with van der Waals surface area (Å²) in [4.78, 5) is 36.1. The molecule has 1 N–H and O–H groups in total. The Bertz CT molecular complexity index is 701. The lowest BCUT2D eigenvalue weighted by Crippen LogP contribution is -2.34. The third-order valence-corrected chi connectivity index (χ3v) is 5.48. The Labute approximate surface area is 143 Å². The number of benzene rings is 1. The van der Waals surface area contributed by atoms with Gasteiger partial charge < -0.3 is 14.8 Å². The molecule has 7 heteroatoms. The fraction of sp³-hybridized carbons (Fsp3) is 0.471. The van der Waals surface area contributed by atoms with Gasteiger partial charge in [-0.05, 0) is 43.0 Å². The Hall–Kier alpha value is -2.08. The summed E-state index contributed by atoms with van der Waals surface area (Å²) >= 11 is 5.78. The summed E-state index contributed by atoms with van der Waals surface area (Å²) in [5.41, 5.74) is 0.572. The van der Waals surface area contributed by atoms with Crippen molar-refractivity contribution in [3.8, 4) is 0 Å². The molecule has 1 saturated heterocycles. The van der Waals surface area contributed by atoms with Crippen LogP contribution in [0.4, 0.5) is 5.69 Å². The zero-order valence-electron chi connectivity index (χ0n) is 12.7. The summed E-state index contributed by atoms with van der Waals surface area (Å²) in [5, 5.41) is 3.19. The molecular weight excluding hydrogens is 334 g/mol. The van der Waals surface area contributed by atoms with E-state index in [1.54, 1.807) is 24.3 Å². The minimum Gasteiger partial charge on any atom is -0.462 e. The van der Waals surface area contributed by atoms with Crippen LogP contribution in [-0.2, 0) is 23.9 Å². The highest BCUT2D eigenvalue weighted by Crippen LogP contribution is 2.57. The number of rotatable bonds is 4. The highest BCUT2D eigenvalue weighted by molar-refractivity contribution is 6.30. The molecule has 0 spiro atoms. The molecule has 2 bridgehead atoms. The van der Waals surface area contributed by atoms with Crippen molar-refractivity contribution in [2.75, 3.05) is 11.9 Å². The number of anilines is 1. The van der Waals surface area contributed by atoms with Crippen LogP contribution in [-0.4, -0.2) is 30.6 Å². The first-order valence-corrected chi connectivity index (χ1v) is 8.33. The highest BCUT2D eigenvalue weighted by Gasteiger charge is 2.64. The number of halogens is 1. The van der Waals surface area contributed by atoms with Gasteiger partial charge in [0.05, 0.1) is 11.8 Å². The molecule has 3 fully saturated rings. The first-order chi connectivity index (χ1) is 11.5. The van der Waals surface area contributed by atoms with E-state index in [2.05, 4.69) is 5.32 Å². The lowest BCUT2D eigenvalue weighted by Gasteiger charge is -2.22. The standard InChI is InChI=1S/C17H16ClNO5/c18-9-1-3-10(4-2-9)19-13(20)7-23-16(21)14-8-5-11-12(6-8)24-17(22)15(11)14/h1-4,8,11-12,14-15H,5-7H2,(H,19,20)/t8-,11+,12-,14-,15-/m1/s1. The lowest BCUT2D eigenvalue weighted by atomic mass is 9.80. The van der Waals surface area contributed by atoms with E-state index in [-0.39, 0.29) is 36.4 Å². The lowest BCUT2D eigenvalue weighted by molar-refractivity contribution is -0.157. The largest absolute Gasteiger partial charge is 0.462 e. The van der Waals surface area contributed by atoms with Gasteiger partial charge in [-0.1, -0.05) is 11.6 Å². The van der Waals surface area contributed by atoms with Gasteiger partial charge in [0.15, 0.2) is 6.61 Å². The molecule has 1 amide bonds. The van der Waals surface area contributed by atoms with E-state index in [0.717, 1.165) is 12.8 Å². The van der Waals surface area contributed by atoms with Crippen LogP contribution in [0.1, 0.15) is 12.8 Å². The molecule has 126 valence electrons. The van der Waals surface area contributed by atoms with Crippen LogP contribution >= 0.6 is 11.6 Å². The maximum atomic E-state index is 12.3. The van der Waals surface area contributed by atoms with Crippen LogP contribution in [0.2, 0.25) is 5.02 Å². The number of nitrogens with one attached hydrogen (secondary N) is 1. The Morgan fingerprint density at radius 3 is 2.75 bits per heavy atom. The Balaban J connectivity index is 1.33. The average molecular weight is 350 g/mol. The van der Waals surface area contributed by atoms with Crippen molar-refractivity contribution in [3.05, 3.63) is 29.3 Å². The maximum absolute atomic E-state index is 12.3. The minimum absolute atomic E-state index is 0.0234. The van der Waals surface area contributed by atoms with Crippen molar-refractivity contribution >= 4 is 35.1 Å². The van der Waals surface area contributed by atoms with Gasteiger partial charge in [0.1, 0.15) is 6.10 Å². The number of ether oxygens (including phenoxy) is 2. The average Bonchev–Trinajstić information content (AvgIpc) is 3.16. The monoisotopic (exact) mass is 349 g/mol. The minimum atomic E-state index is -0.476. The molecule has 1 aromatic carbocycles. The highest BCUT2D eigenvalue weighted by atomic mass is 35.5. The number of amides is 1. The van der Waals surface area contributed by atoms with E-state index >= 15 is 0 Å². The second-order valence-corrected chi connectivity index (χ2v) is 7.02. The van der Waals surface area contributed by atoms with E-state index in [4.69, 9.17) is 21.1 Å². The normalized spacial score (nSPS) is 32.5. The van der Waals surface area contributed by atoms with Gasteiger partial charge in [-0.2, -0.15) is 0 Å². The van der Waals surface area contributed by atoms with Gasteiger partial charge in [-0.15, -0.1) is 0 Å². The van der Waals surface area contributed by atoms with Crippen molar-refractivity contribution in [1.29, 1.82) is 0 Å². The van der Waals surface area contributed by atoms with E-state index in [9.17, 15) is 14.4 Å². The van der Waals surface area contributed by atoms with E-state index in [0.29, 0.717) is 10.7 Å². The number of hydrogen-bond donors (Lipinski definition) is 1. The predicted octanol–water partition coefficient (Wildman–Crippen LogP) is 2.02. The molecule has 1 aliphatic heterocycles. The fourth-order valence-electron chi connectivity index (χ4n) is 4.29. The molecule has 6 nitrogen and oxygen atoms in total. The van der Waals surface area contributed by atoms with Crippen LogP contribution in [0, 0.1) is 23.7 Å². The molecule has 2 saturated carbocycles. The van der Waals surface area contributed by atoms with Crippen molar-refractivity contribution in [1.82, 2.24) is 0 Å². The zero-order chi connectivity index (χ0) is 16.8. The molecule has 0 unspecified atom stereocenters. The molecule has 1 heterocycles. The summed E-state index contributed by atoms with van der Waals surface area (Å²) in [6.45, 7) is -0.374. The molecular formula is C17H16ClNO5. The number of esters is 2. The molecule has 4 rings (SSSR count). The summed E-state index contributed by atoms with van der Waals surface area (Å²) in [6, 6.07) is 6.63. The first-order valence-electron chi connectivity index (χ1n) is 7.95. The Morgan fingerprint density at radius 2 is 2.00 bits per heavy atom. The molecule has 24 heavy (non-hydrogen) atoms. The van der Waals surface area contributed by atoms with Crippen LogP contribution in [0.3, 0.4) is 0 Å². The summed E-state index contributed by atoms with van der Waals surface area (Å²) in [7, 11) is 0. The Kier molecular flexibility index (Phi) is 3.72.